The van der Waals surface area contributed by atoms with Crippen molar-refractivity contribution in [2.75, 3.05) is 45.2 Å². The van der Waals surface area contributed by atoms with Crippen molar-refractivity contribution in [1.82, 2.24) is 14.2 Å². The number of nitrogens with zero attached hydrogens (tertiary/aromatic N) is 4. The van der Waals surface area contributed by atoms with Crippen LogP contribution in [-0.2, 0) is 16.6 Å². The molecule has 0 aliphatic rings. The Kier molecular flexibility index (Phi) is 11.7. The Morgan fingerprint density at radius 2 is 1.66 bits per heavy atom. The molecule has 8 nitrogen and oxygen atoms in total. The number of fused-ring (bicyclic) bond motifs is 1. The highest BCUT2D eigenvalue weighted by Crippen LogP contribution is 2.32. The second-order valence-corrected chi connectivity index (χ2v) is 12.6. The minimum Gasteiger partial charge on any atom is -0.494 e. The molecule has 0 bridgehead atoms. The number of carbonyl (C=O) groups is 1. The van der Waals surface area contributed by atoms with Crippen molar-refractivity contribution >= 4 is 55.0 Å². The molecule has 0 saturated heterocycles. The van der Waals surface area contributed by atoms with Gasteiger partial charge >= 0.3 is 0 Å². The van der Waals surface area contributed by atoms with E-state index in [1.807, 2.05) is 76.5 Å². The molecule has 1 heterocycles. The van der Waals surface area contributed by atoms with Crippen LogP contribution in [0, 0.1) is 0 Å². The van der Waals surface area contributed by atoms with E-state index in [1.54, 1.807) is 17.0 Å². The number of benzene rings is 3. The molecule has 11 heteroatoms. The van der Waals surface area contributed by atoms with Gasteiger partial charge in [-0.25, -0.2) is 13.4 Å². The number of rotatable bonds is 13. The monoisotopic (exact) mass is 616 g/mol. The fourth-order valence-electron chi connectivity index (χ4n) is 4.32. The van der Waals surface area contributed by atoms with Crippen molar-refractivity contribution in [3.63, 3.8) is 0 Å². The number of aromatic nitrogens is 1. The first-order chi connectivity index (χ1) is 19.2. The predicted molar refractivity (Wildman–Crippen MR) is 169 cm³/mol. The number of amides is 1. The molecule has 0 radical (unpaired) electrons. The van der Waals surface area contributed by atoms with E-state index in [9.17, 15) is 13.2 Å². The van der Waals surface area contributed by atoms with Gasteiger partial charge in [0.25, 0.3) is 5.91 Å². The third-order valence-electron chi connectivity index (χ3n) is 6.42. The molecule has 0 fully saturated rings. The molecule has 0 aliphatic heterocycles. The van der Waals surface area contributed by atoms with E-state index in [1.165, 1.54) is 27.8 Å². The van der Waals surface area contributed by atoms with Crippen LogP contribution < -0.4 is 9.64 Å². The Morgan fingerprint density at radius 1 is 0.951 bits per heavy atom. The molecule has 4 rings (SSSR count). The number of hydrogen-bond acceptors (Lipinski definition) is 7. The van der Waals surface area contributed by atoms with Crippen molar-refractivity contribution in [2.45, 2.75) is 31.7 Å². The fourth-order valence-corrected chi connectivity index (χ4v) is 6.78. The van der Waals surface area contributed by atoms with E-state index in [2.05, 4.69) is 4.90 Å². The summed E-state index contributed by atoms with van der Waals surface area (Å²) in [6, 6.07) is 21.4. The summed E-state index contributed by atoms with van der Waals surface area (Å²) in [6.45, 7) is 6.24. The highest BCUT2D eigenvalue weighted by atomic mass is 35.5. The van der Waals surface area contributed by atoms with E-state index in [-0.39, 0.29) is 29.8 Å². The van der Waals surface area contributed by atoms with Crippen molar-refractivity contribution in [1.29, 1.82) is 0 Å². The minimum atomic E-state index is -3.73. The normalized spacial score (nSPS) is 11.6. The standard InChI is InChI=1S/C30H36N4O4S2.ClH/c1-5-33(22-23-11-8-7-9-12-23)40(36,37)26-16-13-24(14-17-26)29(35)34(20-10-19-32(3)4)30-31-27-18-15-25(38-6-2)21-28(27)39-30;/h7-9,11-18,21H,5-6,10,19-20,22H2,1-4H3;1H. The zero-order valence-corrected chi connectivity index (χ0v) is 26.3. The second-order valence-electron chi connectivity index (χ2n) is 9.61. The number of hydrogen-bond donors (Lipinski definition) is 0. The predicted octanol–water partition coefficient (Wildman–Crippen LogP) is 5.93. The number of anilines is 1. The molecular weight excluding hydrogens is 580 g/mol. The maximum atomic E-state index is 13.8. The second kappa shape index (κ2) is 14.7. The summed E-state index contributed by atoms with van der Waals surface area (Å²) in [6.07, 6.45) is 0.760. The highest BCUT2D eigenvalue weighted by Gasteiger charge is 2.25. The van der Waals surface area contributed by atoms with Crippen molar-refractivity contribution in [3.05, 3.63) is 83.9 Å². The van der Waals surface area contributed by atoms with Crippen LogP contribution in [0.25, 0.3) is 10.2 Å². The Balaban J connectivity index is 0.00000462. The number of carbonyl (C=O) groups excluding carboxylic acids is 1. The molecule has 1 amide bonds. The Bertz CT molecular complexity index is 1530. The molecule has 41 heavy (non-hydrogen) atoms. The Morgan fingerprint density at radius 3 is 2.29 bits per heavy atom. The lowest BCUT2D eigenvalue weighted by Crippen LogP contribution is -2.33. The van der Waals surface area contributed by atoms with Crippen LogP contribution in [0.1, 0.15) is 36.2 Å². The van der Waals surface area contributed by atoms with Gasteiger partial charge in [-0.1, -0.05) is 48.6 Å². The van der Waals surface area contributed by atoms with Crippen LogP contribution in [0.3, 0.4) is 0 Å². The molecule has 3 aromatic carbocycles. The largest absolute Gasteiger partial charge is 0.494 e. The maximum Gasteiger partial charge on any atom is 0.260 e. The van der Waals surface area contributed by atoms with Crippen molar-refractivity contribution < 1.29 is 17.9 Å². The van der Waals surface area contributed by atoms with Gasteiger partial charge in [-0.05, 0) is 82.0 Å². The highest BCUT2D eigenvalue weighted by molar-refractivity contribution is 7.89. The lowest BCUT2D eigenvalue weighted by molar-refractivity contribution is 0.0986. The number of sulfonamides is 1. The van der Waals surface area contributed by atoms with E-state index >= 15 is 0 Å². The summed E-state index contributed by atoms with van der Waals surface area (Å²) in [5.74, 6) is 0.546. The topological polar surface area (TPSA) is 83.0 Å². The van der Waals surface area contributed by atoms with Crippen LogP contribution in [0.15, 0.2) is 77.7 Å². The minimum absolute atomic E-state index is 0. The summed E-state index contributed by atoms with van der Waals surface area (Å²) in [7, 11) is 0.258. The van der Waals surface area contributed by atoms with Gasteiger partial charge in [-0.15, -0.1) is 12.4 Å². The van der Waals surface area contributed by atoms with Crippen LogP contribution >= 0.6 is 23.7 Å². The Labute approximate surface area is 253 Å². The zero-order chi connectivity index (χ0) is 28.7. The van der Waals surface area contributed by atoms with Gasteiger partial charge in [0.1, 0.15) is 5.75 Å². The SMILES string of the molecule is CCOc1ccc2nc(N(CCCN(C)C)C(=O)c3ccc(S(=O)(=O)N(CC)Cc4ccccc4)cc3)sc2c1.Cl. The molecular formula is C30H37ClN4O4S2. The molecule has 0 saturated carbocycles. The first-order valence-corrected chi connectivity index (χ1v) is 15.6. The number of thiazole rings is 1. The molecule has 0 spiro atoms. The molecule has 220 valence electrons. The van der Waals surface area contributed by atoms with Crippen LogP contribution in [0.5, 0.6) is 5.75 Å². The van der Waals surface area contributed by atoms with Gasteiger partial charge < -0.3 is 9.64 Å². The summed E-state index contributed by atoms with van der Waals surface area (Å²) >= 11 is 1.44. The lowest BCUT2D eigenvalue weighted by Gasteiger charge is -2.22. The van der Waals surface area contributed by atoms with E-state index in [0.717, 1.165) is 34.5 Å². The molecule has 0 N–H and O–H groups in total. The zero-order valence-electron chi connectivity index (χ0n) is 23.8. The summed E-state index contributed by atoms with van der Waals surface area (Å²) in [4.78, 5) is 22.4. The smallest absolute Gasteiger partial charge is 0.260 e. The van der Waals surface area contributed by atoms with Crippen molar-refractivity contribution in [3.8, 4) is 5.75 Å². The molecule has 0 aliphatic carbocycles. The molecule has 0 atom stereocenters. The third kappa shape index (κ3) is 8.05. The molecule has 0 unspecified atom stereocenters. The van der Waals surface area contributed by atoms with Gasteiger partial charge in [0, 0.05) is 25.2 Å². The van der Waals surface area contributed by atoms with E-state index in [0.29, 0.717) is 30.4 Å². The number of halogens is 1. The van der Waals surface area contributed by atoms with E-state index in [4.69, 9.17) is 9.72 Å². The lowest BCUT2D eigenvalue weighted by atomic mass is 10.2. The first kappa shape index (κ1) is 32.5. The molecule has 4 aromatic rings. The van der Waals surface area contributed by atoms with Crippen molar-refractivity contribution in [2.24, 2.45) is 0 Å². The van der Waals surface area contributed by atoms with E-state index < -0.39 is 10.0 Å². The average Bonchev–Trinajstić information content (AvgIpc) is 3.37. The van der Waals surface area contributed by atoms with Gasteiger partial charge in [-0.2, -0.15) is 4.31 Å². The summed E-state index contributed by atoms with van der Waals surface area (Å²) in [5, 5.41) is 0.601. The van der Waals surface area contributed by atoms with Crippen LogP contribution in [-0.4, -0.2) is 68.9 Å². The Hall–Kier alpha value is -3.02. The fraction of sp³-hybridized carbons (Fsp3) is 0.333. The van der Waals surface area contributed by atoms with Crippen LogP contribution in [0.4, 0.5) is 5.13 Å². The third-order valence-corrected chi connectivity index (χ3v) is 9.39. The van der Waals surface area contributed by atoms with Gasteiger partial charge in [0.05, 0.1) is 21.7 Å². The van der Waals surface area contributed by atoms with Gasteiger partial charge in [-0.3, -0.25) is 9.69 Å². The molecule has 1 aromatic heterocycles. The quantitative estimate of drug-likeness (QED) is 0.185. The first-order valence-electron chi connectivity index (χ1n) is 13.4. The number of ether oxygens (including phenoxy) is 1. The average molecular weight is 617 g/mol. The van der Waals surface area contributed by atoms with Gasteiger partial charge in [0.15, 0.2) is 5.13 Å². The summed E-state index contributed by atoms with van der Waals surface area (Å²) in [5.41, 5.74) is 2.12. The maximum absolute atomic E-state index is 13.8. The summed E-state index contributed by atoms with van der Waals surface area (Å²) < 4.78 is 34.8. The van der Waals surface area contributed by atoms with Gasteiger partial charge in [0.2, 0.25) is 10.0 Å². The van der Waals surface area contributed by atoms with Crippen LogP contribution in [0.2, 0.25) is 0 Å².